The van der Waals surface area contributed by atoms with E-state index in [-0.39, 0.29) is 106 Å². The largest absolute Gasteiger partial charge is 0.744 e. The SMILES string of the molecule is COCCOCCC1(C)C(/C=C/C=C2/N(CCCCCC(=O)O)c3ccc4c(S(=O)(=O)[O-])cc(S(=O)(=O)O)cc4c3C2(C)CCOCCOC)=[N+](CCCS(=O)(=O)O)c2ccc3c(S(=O)(=O)O)cc(S(=O)(=O)O)cc3c21. The molecule has 2 unspecified atom stereocenters. The Morgan fingerprint density at radius 1 is 0.658 bits per heavy atom. The molecule has 0 fully saturated rings. The van der Waals surface area contributed by atoms with Crippen molar-refractivity contribution in [1.82, 2.24) is 0 Å². The second-order valence-electron chi connectivity index (χ2n) is 18.6. The molecule has 0 aromatic heterocycles. The van der Waals surface area contributed by atoms with E-state index in [1.807, 2.05) is 4.90 Å². The smallest absolute Gasteiger partial charge is 0.303 e. The van der Waals surface area contributed by atoms with Gasteiger partial charge in [-0.3, -0.25) is 23.0 Å². The lowest BCUT2D eigenvalue weighted by Gasteiger charge is -2.31. The summed E-state index contributed by atoms with van der Waals surface area (Å²) in [4.78, 5) is 9.86. The van der Waals surface area contributed by atoms with Crippen molar-refractivity contribution in [2.24, 2.45) is 0 Å². The van der Waals surface area contributed by atoms with Gasteiger partial charge in [-0.25, -0.2) is 8.42 Å². The number of fused-ring (bicyclic) bond motifs is 6. The van der Waals surface area contributed by atoms with Crippen LogP contribution in [0.4, 0.5) is 11.4 Å². The summed E-state index contributed by atoms with van der Waals surface area (Å²) in [6, 6.07) is 9.06. The fourth-order valence-corrected chi connectivity index (χ4v) is 13.3. The number of nitrogens with zero attached hydrogens (tertiary/aromatic N) is 2. The Kier molecular flexibility index (Phi) is 18.8. The molecule has 2 aliphatic rings. The van der Waals surface area contributed by atoms with Gasteiger partial charge in [0.05, 0.1) is 52.3 Å². The molecule has 6 rings (SSSR count). The van der Waals surface area contributed by atoms with E-state index in [0.29, 0.717) is 59.7 Å². The minimum Gasteiger partial charge on any atom is -0.744 e. The van der Waals surface area contributed by atoms with Crippen molar-refractivity contribution in [3.05, 3.63) is 83.6 Å². The van der Waals surface area contributed by atoms with E-state index in [1.54, 1.807) is 42.7 Å². The molecular weight excluding hydrogens is 1100 g/mol. The molecule has 0 aliphatic carbocycles. The summed E-state index contributed by atoms with van der Waals surface area (Å²) < 4.78 is 204. The number of benzene rings is 4. The summed E-state index contributed by atoms with van der Waals surface area (Å²) in [5.41, 5.74) is -0.290. The van der Waals surface area contributed by atoms with Crippen molar-refractivity contribution < 1.29 is 98.3 Å². The summed E-state index contributed by atoms with van der Waals surface area (Å²) in [6.07, 6.45) is 6.05. The second kappa shape index (κ2) is 23.7. The summed E-state index contributed by atoms with van der Waals surface area (Å²) in [6.45, 7) is 4.36. The van der Waals surface area contributed by atoms with Crippen LogP contribution >= 0.6 is 0 Å². The number of carbonyl (C=O) groups is 1. The van der Waals surface area contributed by atoms with Gasteiger partial charge >= 0.3 is 5.97 Å². The van der Waals surface area contributed by atoms with Crippen LogP contribution < -0.4 is 4.90 Å². The van der Waals surface area contributed by atoms with Gasteiger partial charge in [0.1, 0.15) is 21.6 Å². The zero-order valence-electron chi connectivity index (χ0n) is 41.9. The molecule has 4 aromatic carbocycles. The van der Waals surface area contributed by atoms with E-state index < -0.39 is 92.7 Å². The number of methoxy groups -OCH3 is 2. The van der Waals surface area contributed by atoms with Crippen LogP contribution in [-0.2, 0) is 85.2 Å². The van der Waals surface area contributed by atoms with Crippen molar-refractivity contribution in [2.75, 3.05) is 77.6 Å². The van der Waals surface area contributed by atoms with Gasteiger partial charge in [-0.05, 0) is 104 Å². The van der Waals surface area contributed by atoms with Crippen molar-refractivity contribution >= 4 is 95.2 Å². The molecule has 418 valence electrons. The van der Waals surface area contributed by atoms with E-state index in [2.05, 4.69) is 0 Å². The van der Waals surface area contributed by atoms with Gasteiger partial charge in [0.25, 0.3) is 40.5 Å². The van der Waals surface area contributed by atoms with Crippen LogP contribution in [0.15, 0.2) is 92.0 Å². The predicted octanol–water partition coefficient (Wildman–Crippen LogP) is 5.24. The fraction of sp³-hybridized carbons (Fsp3) is 0.458. The third-order valence-electron chi connectivity index (χ3n) is 13.6. The number of ether oxygens (including phenoxy) is 4. The first-order valence-corrected chi connectivity index (χ1v) is 30.9. The van der Waals surface area contributed by atoms with Crippen LogP contribution in [0.3, 0.4) is 0 Å². The molecule has 28 heteroatoms. The number of hydrogen-bond donors (Lipinski definition) is 5. The van der Waals surface area contributed by atoms with Crippen LogP contribution in [0.2, 0.25) is 0 Å². The molecule has 0 saturated heterocycles. The number of hydrogen-bond acceptors (Lipinski definition) is 17. The lowest BCUT2D eigenvalue weighted by atomic mass is 9.74. The molecule has 2 heterocycles. The average molecular weight is 1160 g/mol. The van der Waals surface area contributed by atoms with Gasteiger partial charge in [0.15, 0.2) is 5.71 Å². The van der Waals surface area contributed by atoms with E-state index in [0.717, 1.165) is 12.1 Å². The molecule has 4 aromatic rings. The summed E-state index contributed by atoms with van der Waals surface area (Å²) in [7, 11) is -22.3. The van der Waals surface area contributed by atoms with Crippen LogP contribution in [-0.4, -0.2) is 159 Å². The van der Waals surface area contributed by atoms with Crippen molar-refractivity contribution in [1.29, 1.82) is 0 Å². The monoisotopic (exact) mass is 1160 g/mol. The second-order valence-corrected chi connectivity index (χ2v) is 25.8. The maximum Gasteiger partial charge on any atom is 0.303 e. The van der Waals surface area contributed by atoms with E-state index in [1.165, 1.54) is 32.4 Å². The highest BCUT2D eigenvalue weighted by molar-refractivity contribution is 7.87. The van der Waals surface area contributed by atoms with Gasteiger partial charge < -0.3 is 33.5 Å². The van der Waals surface area contributed by atoms with Gasteiger partial charge in [-0.2, -0.15) is 38.2 Å². The van der Waals surface area contributed by atoms with Gasteiger partial charge in [-0.15, -0.1) is 0 Å². The minimum absolute atomic E-state index is 0.00190. The molecule has 76 heavy (non-hydrogen) atoms. The normalized spacial score (nSPS) is 19.0. The molecule has 23 nitrogen and oxygen atoms in total. The first-order valence-electron chi connectivity index (χ1n) is 23.6. The maximum absolute atomic E-state index is 12.9. The third kappa shape index (κ3) is 13.5. The zero-order valence-corrected chi connectivity index (χ0v) is 46.0. The van der Waals surface area contributed by atoms with E-state index >= 15 is 0 Å². The van der Waals surface area contributed by atoms with Crippen LogP contribution in [0.1, 0.15) is 69.9 Å². The Labute approximate surface area is 441 Å². The van der Waals surface area contributed by atoms with Gasteiger partial charge in [0.2, 0.25) is 5.69 Å². The first kappa shape index (κ1) is 60.4. The summed E-state index contributed by atoms with van der Waals surface area (Å²) in [5.74, 6) is -1.70. The topological polar surface area (TPSA) is 355 Å². The van der Waals surface area contributed by atoms with E-state index in [4.69, 9.17) is 18.9 Å². The minimum atomic E-state index is -5.38. The molecular formula is C48H60N2O21S5. The third-order valence-corrected chi connectivity index (χ3v) is 17.8. The Balaban J connectivity index is 1.67. The molecule has 2 atom stereocenters. The van der Waals surface area contributed by atoms with Crippen LogP contribution in [0, 0.1) is 0 Å². The first-order chi connectivity index (χ1) is 35.4. The molecule has 0 bridgehead atoms. The zero-order chi connectivity index (χ0) is 56.2. The number of carboxylic acids is 1. The molecule has 0 amide bonds. The predicted molar refractivity (Wildman–Crippen MR) is 276 cm³/mol. The van der Waals surface area contributed by atoms with Crippen LogP contribution in [0.25, 0.3) is 21.5 Å². The highest BCUT2D eigenvalue weighted by atomic mass is 32.2. The molecule has 5 N–H and O–H groups in total. The number of unbranched alkanes of at least 4 members (excludes halogenated alkanes) is 2. The van der Waals surface area contributed by atoms with E-state index in [9.17, 15) is 74.8 Å². The Morgan fingerprint density at radius 3 is 1.75 bits per heavy atom. The summed E-state index contributed by atoms with van der Waals surface area (Å²) in [5, 5.41) is 9.07. The van der Waals surface area contributed by atoms with Crippen molar-refractivity contribution in [3.63, 3.8) is 0 Å². The highest BCUT2D eigenvalue weighted by Gasteiger charge is 2.50. The molecule has 0 spiro atoms. The van der Waals surface area contributed by atoms with Gasteiger partial charge in [-0.1, -0.05) is 18.6 Å². The fourth-order valence-electron chi connectivity index (χ4n) is 10.1. The number of anilines is 1. The lowest BCUT2D eigenvalue weighted by Crippen LogP contribution is -2.33. The van der Waals surface area contributed by atoms with Gasteiger partial charge in [0, 0.05) is 86.7 Å². The van der Waals surface area contributed by atoms with Crippen molar-refractivity contribution in [2.45, 2.75) is 89.2 Å². The number of allylic oxidation sites excluding steroid dienone is 4. The van der Waals surface area contributed by atoms with Crippen LogP contribution in [0.5, 0.6) is 0 Å². The Morgan fingerprint density at radius 2 is 1.21 bits per heavy atom. The number of aliphatic carboxylic acids is 1. The Bertz CT molecular complexity index is 3580. The quantitative estimate of drug-likeness (QED) is 0.0276. The highest BCUT2D eigenvalue weighted by Crippen LogP contribution is 2.54. The Hall–Kier alpha value is -4.79. The maximum atomic E-state index is 12.9. The average Bonchev–Trinajstić information content (AvgIpc) is 3.69. The number of carboxylic acid groups (broad SMARTS) is 1. The molecule has 2 aliphatic heterocycles. The summed E-state index contributed by atoms with van der Waals surface area (Å²) >= 11 is 0. The molecule has 0 saturated carbocycles. The molecule has 0 radical (unpaired) electrons. The lowest BCUT2D eigenvalue weighted by molar-refractivity contribution is -0.437. The van der Waals surface area contributed by atoms with Crippen molar-refractivity contribution in [3.8, 4) is 0 Å². The number of rotatable bonds is 28. The standard InChI is InChI=1S/C48H60N2O21S5/c1-47(17-21-70-25-23-68-3)42(49(19-7-5-6-12-44(51)52)38-15-13-34-36(45(38)47)28-32(73(56,57)58)30-40(34)75(62,63)64)10-8-11-43-48(2,18-22-71-26-24-69-4)46-37-29-33(74(59,60)61)31-41(76(65,66)67)35(37)14-16-39(46)50(43)20-9-27-72(53,54)55/h8,10-11,13-16,28-31H,5-7,9,12,17-27H2,1-4H3,(H5-,51,52,53,54,55,56,57,58,59,60,61,62,63,64,65,66,67).